The number of hydrogen-bond acceptors (Lipinski definition) is 3. The van der Waals surface area contributed by atoms with E-state index >= 15 is 0 Å². The molecule has 1 heterocycles. The summed E-state index contributed by atoms with van der Waals surface area (Å²) in [5.74, 6) is 0. The van der Waals surface area contributed by atoms with E-state index in [0.717, 1.165) is 17.3 Å². The van der Waals surface area contributed by atoms with E-state index in [1.54, 1.807) is 0 Å². The number of benzene rings is 1. The average molecular weight is 240 g/mol. The van der Waals surface area contributed by atoms with Crippen LogP contribution in [0, 0.1) is 0 Å². The minimum absolute atomic E-state index is 0.0220. The number of rotatable bonds is 4. The van der Waals surface area contributed by atoms with Crippen molar-refractivity contribution in [2.45, 2.75) is 24.4 Å². The molecule has 1 aliphatic rings. The first-order chi connectivity index (χ1) is 7.75. The van der Waals surface area contributed by atoms with Gasteiger partial charge in [-0.2, -0.15) is 0 Å². The number of thioether (sulfide) groups is 1. The Hall–Kier alpha value is -0.870. The summed E-state index contributed by atoms with van der Waals surface area (Å²) in [6, 6.07) is 9.80. The normalized spacial score (nSPS) is 24.9. The first kappa shape index (κ1) is 11.6. The average Bonchev–Trinajstić information content (AvgIpc) is 2.60. The molecule has 1 fully saturated rings. The predicted molar refractivity (Wildman–Crippen MR) is 62.0 cm³/mol. The fourth-order valence-electron chi connectivity index (χ4n) is 1.60. The third kappa shape index (κ3) is 3.06. The molecule has 1 aromatic rings. The highest BCUT2D eigenvalue weighted by atomic mass is 32.2. The highest BCUT2D eigenvalue weighted by Gasteiger charge is 2.33. The van der Waals surface area contributed by atoms with E-state index in [0.29, 0.717) is 13.2 Å². The Morgan fingerprint density at radius 1 is 1.38 bits per heavy atom. The Bertz CT molecular complexity index is 355. The van der Waals surface area contributed by atoms with Gasteiger partial charge in [0.25, 0.3) is 0 Å². The Morgan fingerprint density at radius 3 is 2.75 bits per heavy atom. The molecule has 0 spiro atoms. The van der Waals surface area contributed by atoms with Gasteiger partial charge in [0, 0.05) is 11.7 Å². The highest BCUT2D eigenvalue weighted by Crippen LogP contribution is 2.30. The molecular weight excluding hydrogens is 227 g/mol. The molecule has 2 atom stereocenters. The zero-order valence-corrected chi connectivity index (χ0v) is 9.58. The molecule has 2 nitrogen and oxygen atoms in total. The lowest BCUT2D eigenvalue weighted by Crippen LogP contribution is -2.10. The molecule has 0 aliphatic carbocycles. The third-order valence-corrected chi connectivity index (χ3v) is 3.57. The number of alkyl halides is 1. The molecule has 2 rings (SSSR count). The van der Waals surface area contributed by atoms with Gasteiger partial charge in [-0.15, -0.1) is 0 Å². The maximum absolute atomic E-state index is 12.9. The summed E-state index contributed by atoms with van der Waals surface area (Å²) in [4.78, 5) is 11.0. The van der Waals surface area contributed by atoms with E-state index in [-0.39, 0.29) is 16.8 Å². The molecule has 0 N–H and O–H groups in total. The summed E-state index contributed by atoms with van der Waals surface area (Å²) in [6.07, 6.45) is -1.01. The molecule has 1 saturated heterocycles. The molecule has 4 heteroatoms. The van der Waals surface area contributed by atoms with Crippen LogP contribution in [0.4, 0.5) is 4.39 Å². The van der Waals surface area contributed by atoms with Crippen LogP contribution in [-0.2, 0) is 16.1 Å². The molecule has 0 aromatic heterocycles. The quantitative estimate of drug-likeness (QED) is 0.809. The molecule has 16 heavy (non-hydrogen) atoms. The van der Waals surface area contributed by atoms with Gasteiger partial charge < -0.3 is 4.74 Å². The van der Waals surface area contributed by atoms with Crippen LogP contribution in [0.25, 0.3) is 0 Å². The van der Waals surface area contributed by atoms with Gasteiger partial charge >= 0.3 is 0 Å². The van der Waals surface area contributed by atoms with Crippen LogP contribution in [0.1, 0.15) is 12.0 Å². The van der Waals surface area contributed by atoms with Crippen LogP contribution in [-0.4, -0.2) is 23.1 Å². The molecule has 0 amide bonds. The van der Waals surface area contributed by atoms with Crippen LogP contribution in [0.3, 0.4) is 0 Å². The van der Waals surface area contributed by atoms with Gasteiger partial charge in [0.05, 0.1) is 13.2 Å². The van der Waals surface area contributed by atoms with E-state index < -0.39 is 6.17 Å². The smallest absolute Gasteiger partial charge is 0.223 e. The lowest BCUT2D eigenvalue weighted by molar-refractivity contribution is -0.114. The maximum atomic E-state index is 12.9. The highest BCUT2D eigenvalue weighted by molar-refractivity contribution is 8.14. The van der Waals surface area contributed by atoms with Crippen LogP contribution in [0.2, 0.25) is 0 Å². The second kappa shape index (κ2) is 5.46. The van der Waals surface area contributed by atoms with Gasteiger partial charge in [-0.05, 0) is 5.56 Å². The SMILES string of the molecule is O=C1S[C@H](COCc2ccccc2)CC1F. The van der Waals surface area contributed by atoms with Gasteiger partial charge in [-0.25, -0.2) is 4.39 Å². The van der Waals surface area contributed by atoms with Crippen molar-refractivity contribution in [3.63, 3.8) is 0 Å². The largest absolute Gasteiger partial charge is 0.376 e. The summed E-state index contributed by atoms with van der Waals surface area (Å²) < 4.78 is 18.4. The number of hydrogen-bond donors (Lipinski definition) is 0. The first-order valence-electron chi connectivity index (χ1n) is 5.22. The van der Waals surface area contributed by atoms with Crippen molar-refractivity contribution in [1.29, 1.82) is 0 Å². The molecule has 0 saturated carbocycles. The van der Waals surface area contributed by atoms with E-state index in [9.17, 15) is 9.18 Å². The Labute approximate surface area is 98.2 Å². The van der Waals surface area contributed by atoms with Crippen LogP contribution >= 0.6 is 11.8 Å². The summed E-state index contributed by atoms with van der Waals surface area (Å²) in [7, 11) is 0. The number of carbonyl (C=O) groups is 1. The Kier molecular flexibility index (Phi) is 3.96. The van der Waals surface area contributed by atoms with Crippen LogP contribution in [0.5, 0.6) is 0 Å². The van der Waals surface area contributed by atoms with Crippen molar-refractivity contribution in [2.24, 2.45) is 0 Å². The number of halogens is 1. The van der Waals surface area contributed by atoms with Crippen LogP contribution < -0.4 is 0 Å². The van der Waals surface area contributed by atoms with Crippen molar-refractivity contribution in [2.75, 3.05) is 6.61 Å². The lowest BCUT2D eigenvalue weighted by atomic mass is 10.2. The zero-order chi connectivity index (χ0) is 11.4. The molecule has 1 aromatic carbocycles. The van der Waals surface area contributed by atoms with Crippen molar-refractivity contribution in [1.82, 2.24) is 0 Å². The monoisotopic (exact) mass is 240 g/mol. The molecule has 0 bridgehead atoms. The van der Waals surface area contributed by atoms with E-state index in [2.05, 4.69) is 0 Å². The fraction of sp³-hybridized carbons (Fsp3) is 0.417. The van der Waals surface area contributed by atoms with E-state index in [4.69, 9.17) is 4.74 Å². The van der Waals surface area contributed by atoms with Gasteiger partial charge in [0.1, 0.15) is 0 Å². The molecule has 86 valence electrons. The van der Waals surface area contributed by atoms with Crippen molar-refractivity contribution in [3.8, 4) is 0 Å². The van der Waals surface area contributed by atoms with Gasteiger partial charge in [0.2, 0.25) is 5.12 Å². The minimum Gasteiger partial charge on any atom is -0.376 e. The van der Waals surface area contributed by atoms with Gasteiger partial charge in [0.15, 0.2) is 6.17 Å². The van der Waals surface area contributed by atoms with E-state index in [1.807, 2.05) is 30.3 Å². The fourth-order valence-corrected chi connectivity index (χ4v) is 2.60. The van der Waals surface area contributed by atoms with Crippen molar-refractivity contribution >= 4 is 16.9 Å². The van der Waals surface area contributed by atoms with Gasteiger partial charge in [-0.1, -0.05) is 42.1 Å². The summed E-state index contributed by atoms with van der Waals surface area (Å²) >= 11 is 1.07. The topological polar surface area (TPSA) is 26.3 Å². The second-order valence-electron chi connectivity index (χ2n) is 3.76. The van der Waals surface area contributed by atoms with Crippen molar-refractivity contribution in [3.05, 3.63) is 35.9 Å². The standard InChI is InChI=1S/C12H13FO2S/c13-11-6-10(16-12(11)14)8-15-7-9-4-2-1-3-5-9/h1-5,10-11H,6-8H2/t10-,11?/m0/s1. The summed E-state index contributed by atoms with van der Waals surface area (Å²) in [5, 5.41) is -0.375. The Balaban J connectivity index is 1.71. The number of carbonyl (C=O) groups excluding carboxylic acids is 1. The van der Waals surface area contributed by atoms with Crippen LogP contribution in [0.15, 0.2) is 30.3 Å². The molecule has 1 aliphatic heterocycles. The molecule has 0 radical (unpaired) electrons. The van der Waals surface area contributed by atoms with E-state index in [1.165, 1.54) is 0 Å². The maximum Gasteiger partial charge on any atom is 0.223 e. The predicted octanol–water partition coefficient (Wildman–Crippen LogP) is 2.57. The first-order valence-corrected chi connectivity index (χ1v) is 6.10. The molecular formula is C12H13FO2S. The lowest BCUT2D eigenvalue weighted by Gasteiger charge is -2.08. The summed E-state index contributed by atoms with van der Waals surface area (Å²) in [5.41, 5.74) is 1.09. The Morgan fingerprint density at radius 2 is 2.12 bits per heavy atom. The third-order valence-electron chi connectivity index (χ3n) is 2.42. The number of ether oxygens (including phenoxy) is 1. The van der Waals surface area contributed by atoms with Crippen molar-refractivity contribution < 1.29 is 13.9 Å². The summed E-state index contributed by atoms with van der Waals surface area (Å²) in [6.45, 7) is 0.953. The minimum atomic E-state index is -1.30. The second-order valence-corrected chi connectivity index (χ2v) is 5.07. The zero-order valence-electron chi connectivity index (χ0n) is 8.77. The molecule has 1 unspecified atom stereocenters. The van der Waals surface area contributed by atoms with Gasteiger partial charge in [-0.3, -0.25) is 4.79 Å².